The normalized spacial score (nSPS) is 11.0. The van der Waals surface area contributed by atoms with Crippen molar-refractivity contribution < 1.29 is 14.7 Å². The Bertz CT molecular complexity index is 1490. The molecule has 0 saturated heterocycles. The number of aromatic carboxylic acids is 1. The number of benzene rings is 3. The molecule has 0 atom stereocenters. The van der Waals surface area contributed by atoms with Crippen LogP contribution in [0.2, 0.25) is 0 Å². The van der Waals surface area contributed by atoms with E-state index in [1.165, 1.54) is 12.1 Å². The third-order valence-electron chi connectivity index (χ3n) is 5.49. The van der Waals surface area contributed by atoms with Gasteiger partial charge in [0.1, 0.15) is 0 Å². The van der Waals surface area contributed by atoms with Crippen molar-refractivity contribution in [1.29, 1.82) is 0 Å². The lowest BCUT2D eigenvalue weighted by atomic mass is 10.1. The highest BCUT2D eigenvalue weighted by Gasteiger charge is 2.18. The van der Waals surface area contributed by atoms with Crippen molar-refractivity contribution in [2.45, 2.75) is 13.1 Å². The number of fused-ring (bicyclic) bond motifs is 2. The Morgan fingerprint density at radius 3 is 2.33 bits per heavy atom. The van der Waals surface area contributed by atoms with Crippen molar-refractivity contribution >= 4 is 33.8 Å². The predicted molar refractivity (Wildman–Crippen MR) is 125 cm³/mol. The van der Waals surface area contributed by atoms with Crippen LogP contribution in [0.4, 0.5) is 0 Å². The Labute approximate surface area is 189 Å². The molecule has 0 unspecified atom stereocenters. The smallest absolute Gasteiger partial charge is 0.335 e. The largest absolute Gasteiger partial charge is 0.478 e. The van der Waals surface area contributed by atoms with Gasteiger partial charge in [-0.05, 0) is 42.0 Å². The number of para-hydroxylation sites is 3. The average molecular weight is 436 g/mol. The molecule has 7 nitrogen and oxygen atoms in total. The molecule has 0 aliphatic rings. The zero-order valence-electron chi connectivity index (χ0n) is 17.6. The molecular weight excluding hydrogens is 416 g/mol. The number of imidazole rings is 1. The molecule has 1 amide bonds. The third-order valence-corrected chi connectivity index (χ3v) is 5.49. The zero-order chi connectivity index (χ0) is 22.8. The van der Waals surface area contributed by atoms with Crippen molar-refractivity contribution in [1.82, 2.24) is 19.9 Å². The Hall–Kier alpha value is -4.52. The average Bonchev–Trinajstić information content (AvgIpc) is 3.21. The maximum atomic E-state index is 13.1. The number of amides is 1. The maximum Gasteiger partial charge on any atom is 0.335 e. The minimum absolute atomic E-state index is 0.203. The molecule has 0 spiro atoms. The van der Waals surface area contributed by atoms with E-state index >= 15 is 0 Å². The number of nitrogens with one attached hydrogen (secondary N) is 1. The van der Waals surface area contributed by atoms with Crippen LogP contribution < -0.4 is 5.32 Å². The standard InChI is InChI=1S/C26H20N4O3/c31-25(27-15-17-9-11-19(12-10-17)26(32)33)24-29-22-7-3-4-8-23(22)30(24)16-20-14-13-18-5-1-2-6-21(18)28-20/h1-14H,15-16H2,(H,27,31)(H,32,33). The Balaban J connectivity index is 1.43. The lowest BCUT2D eigenvalue weighted by molar-refractivity contribution is 0.0696. The van der Waals surface area contributed by atoms with Crippen LogP contribution in [0.1, 0.15) is 32.2 Å². The van der Waals surface area contributed by atoms with Gasteiger partial charge < -0.3 is 15.0 Å². The van der Waals surface area contributed by atoms with Gasteiger partial charge in [0.05, 0.1) is 34.4 Å². The van der Waals surface area contributed by atoms with E-state index in [-0.39, 0.29) is 18.0 Å². The van der Waals surface area contributed by atoms with E-state index < -0.39 is 5.97 Å². The first-order valence-electron chi connectivity index (χ1n) is 10.5. The lowest BCUT2D eigenvalue weighted by Crippen LogP contribution is -2.26. The zero-order valence-corrected chi connectivity index (χ0v) is 17.6. The highest BCUT2D eigenvalue weighted by atomic mass is 16.4. The summed E-state index contributed by atoms with van der Waals surface area (Å²) in [6.07, 6.45) is 0. The lowest BCUT2D eigenvalue weighted by Gasteiger charge is -2.10. The van der Waals surface area contributed by atoms with Gasteiger partial charge in [0, 0.05) is 11.9 Å². The first kappa shape index (κ1) is 20.4. The monoisotopic (exact) mass is 436 g/mol. The molecule has 5 rings (SSSR count). The number of hydrogen-bond acceptors (Lipinski definition) is 4. The highest BCUT2D eigenvalue weighted by Crippen LogP contribution is 2.19. The molecule has 7 heteroatoms. The number of carboxylic acids is 1. The minimum atomic E-state index is -0.985. The van der Waals surface area contributed by atoms with Crippen LogP contribution in [0.3, 0.4) is 0 Å². The number of carbonyl (C=O) groups excluding carboxylic acids is 1. The Morgan fingerprint density at radius 1 is 0.818 bits per heavy atom. The summed E-state index contributed by atoms with van der Waals surface area (Å²) < 4.78 is 1.87. The molecule has 0 saturated carbocycles. The van der Waals surface area contributed by atoms with Crippen molar-refractivity contribution in [3.8, 4) is 0 Å². The summed E-state index contributed by atoms with van der Waals surface area (Å²) in [5.74, 6) is -0.996. The van der Waals surface area contributed by atoms with Crippen LogP contribution in [0.15, 0.2) is 84.9 Å². The Morgan fingerprint density at radius 2 is 1.55 bits per heavy atom. The molecule has 0 aliphatic carbocycles. The molecule has 2 aromatic heterocycles. The first-order chi connectivity index (χ1) is 16.1. The van der Waals surface area contributed by atoms with Crippen molar-refractivity contribution in [3.05, 3.63) is 108 Å². The van der Waals surface area contributed by atoms with Gasteiger partial charge in [-0.2, -0.15) is 0 Å². The summed E-state index contributed by atoms with van der Waals surface area (Å²) in [5, 5.41) is 13.0. The van der Waals surface area contributed by atoms with E-state index in [1.54, 1.807) is 12.1 Å². The van der Waals surface area contributed by atoms with Gasteiger partial charge in [-0.15, -0.1) is 0 Å². The molecule has 0 fully saturated rings. The van der Waals surface area contributed by atoms with Gasteiger partial charge in [0.25, 0.3) is 5.91 Å². The molecule has 2 heterocycles. The van der Waals surface area contributed by atoms with Crippen LogP contribution >= 0.6 is 0 Å². The third kappa shape index (κ3) is 4.16. The molecule has 2 N–H and O–H groups in total. The second-order valence-corrected chi connectivity index (χ2v) is 7.69. The number of rotatable bonds is 6. The molecule has 5 aromatic rings. The van der Waals surface area contributed by atoms with E-state index in [4.69, 9.17) is 10.1 Å². The summed E-state index contributed by atoms with van der Waals surface area (Å²) in [4.78, 5) is 33.4. The molecule has 33 heavy (non-hydrogen) atoms. The summed E-state index contributed by atoms with van der Waals surface area (Å²) in [6.45, 7) is 0.664. The van der Waals surface area contributed by atoms with E-state index in [9.17, 15) is 9.59 Å². The predicted octanol–water partition coefficient (Wildman–Crippen LogP) is 4.26. The number of hydrogen-bond donors (Lipinski definition) is 2. The summed E-state index contributed by atoms with van der Waals surface area (Å²) in [7, 11) is 0. The van der Waals surface area contributed by atoms with E-state index in [0.29, 0.717) is 12.4 Å². The molecule has 162 valence electrons. The van der Waals surface area contributed by atoms with Crippen molar-refractivity contribution in [3.63, 3.8) is 0 Å². The summed E-state index contributed by atoms with van der Waals surface area (Å²) in [6, 6.07) is 25.9. The number of aromatic nitrogens is 3. The van der Waals surface area contributed by atoms with Crippen LogP contribution in [-0.2, 0) is 13.1 Å². The highest BCUT2D eigenvalue weighted by molar-refractivity contribution is 5.95. The van der Waals surface area contributed by atoms with E-state index in [2.05, 4.69) is 10.3 Å². The van der Waals surface area contributed by atoms with Gasteiger partial charge in [-0.25, -0.2) is 9.78 Å². The SMILES string of the molecule is O=C(O)c1ccc(CNC(=O)c2nc3ccccc3n2Cc2ccc3ccccc3n2)cc1. The van der Waals surface area contributed by atoms with Crippen molar-refractivity contribution in [2.75, 3.05) is 0 Å². The quantitative estimate of drug-likeness (QED) is 0.415. The number of carbonyl (C=O) groups is 2. The molecule has 3 aromatic carbocycles. The van der Waals surface area contributed by atoms with Crippen LogP contribution in [-0.4, -0.2) is 31.5 Å². The summed E-state index contributed by atoms with van der Waals surface area (Å²) >= 11 is 0. The number of pyridine rings is 1. The number of nitrogens with zero attached hydrogens (tertiary/aromatic N) is 3. The molecular formula is C26H20N4O3. The second-order valence-electron chi connectivity index (χ2n) is 7.69. The molecule has 0 aliphatic heterocycles. The van der Waals surface area contributed by atoms with Crippen LogP contribution in [0, 0.1) is 0 Å². The van der Waals surface area contributed by atoms with Gasteiger partial charge in [0.2, 0.25) is 0 Å². The Kier molecular flexibility index (Phi) is 5.28. The molecule has 0 bridgehead atoms. The van der Waals surface area contributed by atoms with E-state index in [1.807, 2.05) is 65.2 Å². The van der Waals surface area contributed by atoms with Crippen LogP contribution in [0.5, 0.6) is 0 Å². The topological polar surface area (TPSA) is 97.1 Å². The molecule has 0 radical (unpaired) electrons. The second kappa shape index (κ2) is 8.55. The van der Waals surface area contributed by atoms with Crippen molar-refractivity contribution in [2.24, 2.45) is 0 Å². The minimum Gasteiger partial charge on any atom is -0.478 e. The fourth-order valence-corrected chi connectivity index (χ4v) is 3.79. The van der Waals surface area contributed by atoms with Gasteiger partial charge in [0.15, 0.2) is 5.82 Å². The first-order valence-corrected chi connectivity index (χ1v) is 10.5. The maximum absolute atomic E-state index is 13.1. The number of carboxylic acid groups (broad SMARTS) is 1. The summed E-state index contributed by atoms with van der Waals surface area (Å²) in [5.41, 5.74) is 4.31. The van der Waals surface area contributed by atoms with Crippen LogP contribution in [0.25, 0.3) is 21.9 Å². The van der Waals surface area contributed by atoms with E-state index in [0.717, 1.165) is 33.2 Å². The van der Waals surface area contributed by atoms with Gasteiger partial charge >= 0.3 is 5.97 Å². The van der Waals surface area contributed by atoms with Gasteiger partial charge in [-0.1, -0.05) is 48.5 Å². The van der Waals surface area contributed by atoms with Gasteiger partial charge in [-0.3, -0.25) is 9.78 Å². The fourth-order valence-electron chi connectivity index (χ4n) is 3.79. The fraction of sp³-hybridized carbons (Fsp3) is 0.0769.